The zero-order valence-corrected chi connectivity index (χ0v) is 11.2. The third-order valence-corrected chi connectivity index (χ3v) is 3.11. The van der Waals surface area contributed by atoms with Gasteiger partial charge in [-0.15, -0.1) is 0 Å². The second kappa shape index (κ2) is 5.80. The molecule has 0 unspecified atom stereocenters. The van der Waals surface area contributed by atoms with Gasteiger partial charge in [-0.2, -0.15) is 0 Å². The molecule has 1 saturated heterocycles. The number of fused-ring (bicyclic) bond motifs is 1. The minimum absolute atomic E-state index is 0. The molecule has 19 heavy (non-hydrogen) atoms. The van der Waals surface area contributed by atoms with E-state index in [2.05, 4.69) is 34.9 Å². The van der Waals surface area contributed by atoms with Gasteiger partial charge in [0.25, 0.3) is 0 Å². The van der Waals surface area contributed by atoms with E-state index in [-0.39, 0.29) is 12.4 Å². The molecule has 0 bridgehead atoms. The van der Waals surface area contributed by atoms with Crippen LogP contribution in [-0.4, -0.2) is 29.0 Å². The molecule has 3 N–H and O–H groups in total. The average molecular weight is 278 g/mol. The Hall–Kier alpha value is -1.94. The van der Waals surface area contributed by atoms with E-state index in [1.165, 1.54) is 15.5 Å². The molecule has 2 aromatic rings. The maximum atomic E-state index is 9.95. The Morgan fingerprint density at radius 2 is 1.68 bits per heavy atom. The summed E-state index contributed by atoms with van der Waals surface area (Å²) in [6.07, 6.45) is 0. The fourth-order valence-corrected chi connectivity index (χ4v) is 2.20. The molecule has 0 amide bonds. The second-order valence-electron chi connectivity index (χ2n) is 4.44. The van der Waals surface area contributed by atoms with Crippen molar-refractivity contribution < 1.29 is 22.4 Å². The van der Waals surface area contributed by atoms with Crippen molar-refractivity contribution in [3.63, 3.8) is 0 Å². The SMILES string of the molecule is O[N+](Cc1ccc2ccccc2c1)=C1NCCN1.[Cl-]. The Kier molecular flexibility index (Phi) is 4.12. The van der Waals surface area contributed by atoms with Crippen LogP contribution in [-0.2, 0) is 6.54 Å². The number of halogens is 1. The lowest BCUT2D eigenvalue weighted by molar-refractivity contribution is -0.788. The van der Waals surface area contributed by atoms with Crippen molar-refractivity contribution in [2.75, 3.05) is 13.1 Å². The summed E-state index contributed by atoms with van der Waals surface area (Å²) in [7, 11) is 0. The lowest BCUT2D eigenvalue weighted by atomic mass is 10.1. The molecule has 0 aromatic heterocycles. The zero-order chi connectivity index (χ0) is 12.4. The summed E-state index contributed by atoms with van der Waals surface area (Å²) in [5.74, 6) is 0.683. The van der Waals surface area contributed by atoms with Crippen molar-refractivity contribution in [1.82, 2.24) is 10.6 Å². The van der Waals surface area contributed by atoms with Crippen molar-refractivity contribution in [3.8, 4) is 0 Å². The van der Waals surface area contributed by atoms with Gasteiger partial charge in [0, 0.05) is 0 Å². The first-order valence-corrected chi connectivity index (χ1v) is 6.12. The van der Waals surface area contributed by atoms with Crippen molar-refractivity contribution in [3.05, 3.63) is 48.0 Å². The quantitative estimate of drug-likeness (QED) is 0.348. The van der Waals surface area contributed by atoms with E-state index >= 15 is 0 Å². The molecule has 5 heteroatoms. The summed E-state index contributed by atoms with van der Waals surface area (Å²) in [6.45, 7) is 2.17. The maximum Gasteiger partial charge on any atom is 0.382 e. The van der Waals surface area contributed by atoms with Crippen molar-refractivity contribution in [2.24, 2.45) is 0 Å². The molecule has 4 nitrogen and oxygen atoms in total. The van der Waals surface area contributed by atoms with E-state index in [4.69, 9.17) is 0 Å². The van der Waals surface area contributed by atoms with Gasteiger partial charge in [0.2, 0.25) is 0 Å². The molecule has 0 radical (unpaired) electrons. The third-order valence-electron chi connectivity index (χ3n) is 3.11. The van der Waals surface area contributed by atoms with Gasteiger partial charge < -0.3 is 17.6 Å². The van der Waals surface area contributed by atoms with Crippen molar-refractivity contribution in [1.29, 1.82) is 0 Å². The lowest BCUT2D eigenvalue weighted by Gasteiger charge is -2.04. The van der Waals surface area contributed by atoms with Gasteiger partial charge in [0.05, 0.1) is 13.1 Å². The summed E-state index contributed by atoms with van der Waals surface area (Å²) in [6, 6.07) is 14.5. The number of nitrogens with zero attached hydrogens (tertiary/aromatic N) is 1. The Morgan fingerprint density at radius 1 is 1.00 bits per heavy atom. The number of nitrogens with one attached hydrogen (secondary N) is 2. The third kappa shape index (κ3) is 2.90. The first-order valence-electron chi connectivity index (χ1n) is 6.12. The molecular weight excluding hydrogens is 262 g/mol. The molecule has 1 fully saturated rings. The predicted octanol–water partition coefficient (Wildman–Crippen LogP) is -1.71. The van der Waals surface area contributed by atoms with Gasteiger partial charge in [-0.25, -0.2) is 0 Å². The van der Waals surface area contributed by atoms with E-state index in [1.807, 2.05) is 18.2 Å². The van der Waals surface area contributed by atoms with E-state index in [0.29, 0.717) is 12.5 Å². The first-order chi connectivity index (χ1) is 8.83. The predicted molar refractivity (Wildman–Crippen MR) is 70.7 cm³/mol. The molecule has 2 aromatic carbocycles. The van der Waals surface area contributed by atoms with E-state index in [1.54, 1.807) is 0 Å². The summed E-state index contributed by atoms with van der Waals surface area (Å²) < 4.78 is 1.22. The monoisotopic (exact) mass is 277 g/mol. The van der Waals surface area contributed by atoms with Gasteiger partial charge in [0.15, 0.2) is 0 Å². The highest BCUT2D eigenvalue weighted by atomic mass is 35.5. The van der Waals surface area contributed by atoms with Crippen LogP contribution < -0.4 is 23.0 Å². The van der Waals surface area contributed by atoms with Gasteiger partial charge >= 0.3 is 5.96 Å². The van der Waals surface area contributed by atoms with Gasteiger partial charge in [-0.05, 0) is 22.4 Å². The molecule has 1 heterocycles. The molecular formula is C14H16ClN3O. The lowest BCUT2D eigenvalue weighted by Crippen LogP contribution is -3.00. The largest absolute Gasteiger partial charge is 1.00 e. The number of hydroxylamine groups is 1. The van der Waals surface area contributed by atoms with Crippen molar-refractivity contribution in [2.45, 2.75) is 6.54 Å². The average Bonchev–Trinajstić information content (AvgIpc) is 2.92. The van der Waals surface area contributed by atoms with Gasteiger partial charge in [-0.3, -0.25) is 10.6 Å². The highest BCUT2D eigenvalue weighted by molar-refractivity contribution is 5.83. The molecule has 3 rings (SSSR count). The zero-order valence-electron chi connectivity index (χ0n) is 10.4. The molecule has 0 atom stereocenters. The standard InChI is InChI=1S/C14H15N3O.ClH/c18-17(14-15-7-8-16-14)10-11-5-6-12-3-1-2-4-13(12)9-11;/h1-6,9,18H,7-8,10H2,(H,15,16);1H. The highest BCUT2D eigenvalue weighted by Gasteiger charge is 2.17. The molecule has 0 aliphatic carbocycles. The number of hydrogen-bond acceptors (Lipinski definition) is 1. The van der Waals surface area contributed by atoms with Crippen LogP contribution in [0.5, 0.6) is 0 Å². The summed E-state index contributed by atoms with van der Waals surface area (Å²) >= 11 is 0. The van der Waals surface area contributed by atoms with Crippen LogP contribution in [0.2, 0.25) is 0 Å². The highest BCUT2D eigenvalue weighted by Crippen LogP contribution is 2.15. The minimum atomic E-state index is 0. The molecule has 1 aliphatic heterocycles. The summed E-state index contributed by atoms with van der Waals surface area (Å²) in [5.41, 5.74) is 1.08. The van der Waals surface area contributed by atoms with E-state index < -0.39 is 0 Å². The fourth-order valence-electron chi connectivity index (χ4n) is 2.20. The normalized spacial score (nSPS) is 13.6. The topological polar surface area (TPSA) is 47.3 Å². The van der Waals surface area contributed by atoms with Crippen LogP contribution in [0, 0.1) is 0 Å². The van der Waals surface area contributed by atoms with Crippen LogP contribution in [0.4, 0.5) is 0 Å². The van der Waals surface area contributed by atoms with Crippen LogP contribution in [0.3, 0.4) is 0 Å². The Bertz CT molecular complexity index is 604. The fraction of sp³-hybridized carbons (Fsp3) is 0.214. The number of benzene rings is 2. The van der Waals surface area contributed by atoms with Crippen LogP contribution in [0.1, 0.15) is 5.56 Å². The van der Waals surface area contributed by atoms with Crippen LogP contribution in [0.25, 0.3) is 10.8 Å². The second-order valence-corrected chi connectivity index (χ2v) is 4.44. The number of guanidine groups is 1. The maximum absolute atomic E-state index is 9.95. The molecule has 1 aliphatic rings. The molecule has 0 saturated carbocycles. The Labute approximate surface area is 118 Å². The Balaban J connectivity index is 0.00000133. The van der Waals surface area contributed by atoms with Gasteiger partial charge in [0.1, 0.15) is 6.54 Å². The van der Waals surface area contributed by atoms with Crippen LogP contribution >= 0.6 is 0 Å². The van der Waals surface area contributed by atoms with E-state index in [9.17, 15) is 5.21 Å². The van der Waals surface area contributed by atoms with E-state index in [0.717, 1.165) is 18.7 Å². The summed E-state index contributed by atoms with van der Waals surface area (Å²) in [4.78, 5) is 0. The minimum Gasteiger partial charge on any atom is -1.00 e. The van der Waals surface area contributed by atoms with Crippen molar-refractivity contribution >= 4 is 16.7 Å². The van der Waals surface area contributed by atoms with Gasteiger partial charge in [-0.1, -0.05) is 41.1 Å². The molecule has 100 valence electrons. The number of hydrogen-bond donors (Lipinski definition) is 3. The number of rotatable bonds is 2. The first kappa shape index (κ1) is 13.5. The van der Waals surface area contributed by atoms with Crippen LogP contribution in [0.15, 0.2) is 42.5 Å². The molecule has 0 spiro atoms. The smallest absolute Gasteiger partial charge is 0.382 e. The summed E-state index contributed by atoms with van der Waals surface area (Å²) in [5, 5.41) is 18.5. The Morgan fingerprint density at radius 3 is 2.42 bits per heavy atom.